The Labute approximate surface area is 198 Å². The Morgan fingerprint density at radius 2 is 1.88 bits per heavy atom. The number of sulfone groups is 1. The lowest BCUT2D eigenvalue weighted by atomic mass is 9.52. The fraction of sp³-hybridized carbons (Fsp3) is 0.520. The topological polar surface area (TPSA) is 111 Å². The Kier molecular flexibility index (Phi) is 4.77. The largest absolute Gasteiger partial charge is 0.508 e. The molecule has 1 aromatic heterocycles. The third-order valence-electron chi connectivity index (χ3n) is 8.72. The number of H-pyrrole nitrogens is 1. The number of rotatable bonds is 1. The number of piperidine rings is 1. The van der Waals surface area contributed by atoms with Crippen molar-refractivity contribution in [1.29, 1.82) is 0 Å². The first-order chi connectivity index (χ1) is 16.2. The molecule has 2 saturated heterocycles. The molecule has 180 valence electrons. The number of benzene rings is 1. The number of fused-ring (bicyclic) bond motifs is 2. The number of aromatic nitrogens is 1. The highest BCUT2D eigenvalue weighted by Crippen LogP contribution is 2.54. The first-order valence-electron chi connectivity index (χ1n) is 11.9. The van der Waals surface area contributed by atoms with Crippen LogP contribution in [-0.4, -0.2) is 78.4 Å². The highest BCUT2D eigenvalue weighted by molar-refractivity contribution is 7.91. The van der Waals surface area contributed by atoms with E-state index in [1.54, 1.807) is 12.1 Å². The fourth-order valence-corrected chi connectivity index (χ4v) is 8.06. The van der Waals surface area contributed by atoms with Crippen LogP contribution < -0.4 is 5.56 Å². The van der Waals surface area contributed by atoms with Crippen molar-refractivity contribution in [2.24, 2.45) is 5.92 Å². The van der Waals surface area contributed by atoms with Gasteiger partial charge in [0.05, 0.1) is 11.5 Å². The van der Waals surface area contributed by atoms with Crippen molar-refractivity contribution in [2.75, 3.05) is 38.2 Å². The Bertz CT molecular complexity index is 1350. The second kappa shape index (κ2) is 7.42. The lowest BCUT2D eigenvalue weighted by Gasteiger charge is -2.58. The van der Waals surface area contributed by atoms with Gasteiger partial charge in [0.15, 0.2) is 9.84 Å². The molecule has 0 unspecified atom stereocenters. The maximum Gasteiger partial charge on any atom is 0.261 e. The number of aromatic hydroxyl groups is 1. The molecule has 2 bridgehead atoms. The predicted molar refractivity (Wildman–Crippen MR) is 127 cm³/mol. The summed E-state index contributed by atoms with van der Waals surface area (Å²) >= 11 is 0. The van der Waals surface area contributed by atoms with E-state index in [0.29, 0.717) is 18.4 Å². The van der Waals surface area contributed by atoms with E-state index >= 15 is 0 Å². The van der Waals surface area contributed by atoms with E-state index in [0.717, 1.165) is 37.1 Å². The number of likely N-dealkylation sites (N-methyl/N-ethyl adjacent to an activating group) is 1. The molecule has 2 aliphatic carbocycles. The second-order valence-electron chi connectivity index (χ2n) is 10.4. The van der Waals surface area contributed by atoms with Crippen LogP contribution in [0, 0.1) is 5.92 Å². The van der Waals surface area contributed by atoms with Gasteiger partial charge in [-0.3, -0.25) is 9.59 Å². The van der Waals surface area contributed by atoms with Gasteiger partial charge in [0.2, 0.25) is 0 Å². The first kappa shape index (κ1) is 21.9. The molecule has 3 heterocycles. The molecule has 2 fully saturated rings. The van der Waals surface area contributed by atoms with Gasteiger partial charge >= 0.3 is 0 Å². The number of hydrogen-bond acceptors (Lipinski definition) is 6. The number of nitrogens with one attached hydrogen (secondary N) is 1. The van der Waals surface area contributed by atoms with Crippen LogP contribution in [0.25, 0.3) is 0 Å². The van der Waals surface area contributed by atoms with Gasteiger partial charge in [-0.1, -0.05) is 6.07 Å². The van der Waals surface area contributed by atoms with Crippen molar-refractivity contribution in [3.05, 3.63) is 62.6 Å². The van der Waals surface area contributed by atoms with E-state index in [9.17, 15) is 23.1 Å². The van der Waals surface area contributed by atoms with Crippen molar-refractivity contribution in [3.8, 4) is 5.75 Å². The van der Waals surface area contributed by atoms with Gasteiger partial charge in [0.25, 0.3) is 11.5 Å². The number of hydrogen-bond donors (Lipinski definition) is 2. The van der Waals surface area contributed by atoms with Gasteiger partial charge in [-0.25, -0.2) is 8.42 Å². The second-order valence-corrected chi connectivity index (χ2v) is 12.8. The molecule has 3 atom stereocenters. The summed E-state index contributed by atoms with van der Waals surface area (Å²) in [5.41, 5.74) is 3.87. The van der Waals surface area contributed by atoms with Crippen LogP contribution in [0.4, 0.5) is 0 Å². The molecule has 1 amide bonds. The van der Waals surface area contributed by atoms with Crippen molar-refractivity contribution >= 4 is 15.7 Å². The van der Waals surface area contributed by atoms with Crippen LogP contribution in [-0.2, 0) is 34.5 Å². The number of phenols is 1. The first-order valence-corrected chi connectivity index (χ1v) is 13.8. The lowest BCUT2D eigenvalue weighted by molar-refractivity contribution is 0.0233. The third kappa shape index (κ3) is 3.24. The van der Waals surface area contributed by atoms with Gasteiger partial charge in [0, 0.05) is 30.2 Å². The van der Waals surface area contributed by atoms with Crippen molar-refractivity contribution in [3.63, 3.8) is 0 Å². The van der Waals surface area contributed by atoms with Gasteiger partial charge in [-0.05, 0) is 80.1 Å². The average molecular weight is 484 g/mol. The number of nitrogens with zero attached hydrogens (tertiary/aromatic N) is 2. The molecule has 4 aliphatic rings. The zero-order chi connectivity index (χ0) is 23.8. The summed E-state index contributed by atoms with van der Waals surface area (Å²) in [6, 6.07) is 7.81. The van der Waals surface area contributed by atoms with Gasteiger partial charge in [-0.2, -0.15) is 0 Å². The zero-order valence-corrected chi connectivity index (χ0v) is 20.0. The number of phenolic OH excluding ortho intramolecular Hbond substituents is 1. The Balaban J connectivity index is 1.39. The number of amides is 1. The van der Waals surface area contributed by atoms with E-state index in [1.165, 1.54) is 16.0 Å². The Morgan fingerprint density at radius 1 is 1.12 bits per heavy atom. The molecule has 2 N–H and O–H groups in total. The van der Waals surface area contributed by atoms with E-state index in [4.69, 9.17) is 0 Å². The summed E-state index contributed by atoms with van der Waals surface area (Å²) < 4.78 is 23.5. The highest BCUT2D eigenvalue weighted by atomic mass is 32.2. The summed E-state index contributed by atoms with van der Waals surface area (Å²) in [6.07, 6.45) is 3.31. The van der Waals surface area contributed by atoms with Crippen LogP contribution >= 0.6 is 0 Å². The van der Waals surface area contributed by atoms with Gasteiger partial charge in [-0.15, -0.1) is 0 Å². The SMILES string of the molecule is CN1CC[C@]23Cc4[nH]c(=O)c(C(=O)N5CCS(=O)(=O)CC5)cc4C[C@H]2[C@H]1Cc1ccc(O)cc13. The lowest BCUT2D eigenvalue weighted by Crippen LogP contribution is -2.61. The van der Waals surface area contributed by atoms with Gasteiger partial charge in [0.1, 0.15) is 11.3 Å². The molecule has 6 rings (SSSR count). The number of aromatic amines is 1. The van der Waals surface area contributed by atoms with Crippen molar-refractivity contribution in [2.45, 2.75) is 37.1 Å². The smallest absolute Gasteiger partial charge is 0.261 e. The number of carbonyl (C=O) groups is 1. The fourth-order valence-electron chi connectivity index (χ4n) is 6.86. The molecule has 8 nitrogen and oxygen atoms in total. The molecule has 2 aliphatic heterocycles. The van der Waals surface area contributed by atoms with E-state index < -0.39 is 21.3 Å². The zero-order valence-electron chi connectivity index (χ0n) is 19.2. The molecule has 1 aromatic carbocycles. The summed E-state index contributed by atoms with van der Waals surface area (Å²) in [5.74, 6) is 0.0735. The number of pyridine rings is 1. The van der Waals surface area contributed by atoms with Crippen LogP contribution in [0.2, 0.25) is 0 Å². The molecule has 9 heteroatoms. The van der Waals surface area contributed by atoms with Crippen molar-refractivity contribution in [1.82, 2.24) is 14.8 Å². The minimum absolute atomic E-state index is 0.0630. The van der Waals surface area contributed by atoms with E-state index in [2.05, 4.69) is 16.9 Å². The maximum absolute atomic E-state index is 13.1. The highest BCUT2D eigenvalue weighted by Gasteiger charge is 2.54. The monoisotopic (exact) mass is 483 g/mol. The van der Waals surface area contributed by atoms with Gasteiger partial charge < -0.3 is 19.9 Å². The average Bonchev–Trinajstić information content (AvgIpc) is 2.80. The maximum atomic E-state index is 13.1. The van der Waals surface area contributed by atoms with Crippen molar-refractivity contribution < 1.29 is 18.3 Å². The van der Waals surface area contributed by atoms with E-state index in [-0.39, 0.29) is 41.3 Å². The van der Waals surface area contributed by atoms with Crippen LogP contribution in [0.5, 0.6) is 5.75 Å². The molecule has 0 radical (unpaired) electrons. The Hall–Kier alpha value is -2.65. The molecule has 34 heavy (non-hydrogen) atoms. The number of likely N-dealkylation sites (tertiary alicyclic amines) is 1. The predicted octanol–water partition coefficient (Wildman–Crippen LogP) is 0.864. The molecule has 2 aromatic rings. The minimum Gasteiger partial charge on any atom is -0.508 e. The molecule has 0 saturated carbocycles. The molecular weight excluding hydrogens is 454 g/mol. The van der Waals surface area contributed by atoms with E-state index in [1.807, 2.05) is 12.1 Å². The normalized spacial score (nSPS) is 29.6. The molecular formula is C25H29N3O5S. The number of carbonyl (C=O) groups excluding carboxylic acids is 1. The Morgan fingerprint density at radius 3 is 2.65 bits per heavy atom. The van der Waals surface area contributed by atoms with Crippen LogP contribution in [0.3, 0.4) is 0 Å². The third-order valence-corrected chi connectivity index (χ3v) is 10.3. The van der Waals surface area contributed by atoms with Crippen LogP contribution in [0.15, 0.2) is 29.1 Å². The summed E-state index contributed by atoms with van der Waals surface area (Å²) in [4.78, 5) is 33.1. The summed E-state index contributed by atoms with van der Waals surface area (Å²) in [6.45, 7) is 1.21. The quantitative estimate of drug-likeness (QED) is 0.623. The van der Waals surface area contributed by atoms with Crippen LogP contribution in [0.1, 0.15) is 39.2 Å². The molecule has 0 spiro atoms. The summed E-state index contributed by atoms with van der Waals surface area (Å²) in [7, 11) is -0.945. The standard InChI is InChI=1S/C25H29N3O5S/c1-27-5-4-25-14-21-16(11-20(25)22(27)12-15-2-3-17(29)13-19(15)25)10-18(23(30)26-21)24(31)28-6-8-34(32,33)9-7-28/h2-3,10,13,20,22,29H,4-9,11-12,14H2,1H3,(H,26,30)/t20-,22+,25+/m0/s1. The minimum atomic E-state index is -3.11. The summed E-state index contributed by atoms with van der Waals surface area (Å²) in [5, 5.41) is 10.3.